The summed E-state index contributed by atoms with van der Waals surface area (Å²) in [5.41, 5.74) is 0.871. The van der Waals surface area contributed by atoms with Crippen LogP contribution in [0, 0.1) is 0 Å². The first-order valence-electron chi connectivity index (χ1n) is 5.12. The highest BCUT2D eigenvalue weighted by Gasteiger charge is 2.31. The lowest BCUT2D eigenvalue weighted by molar-refractivity contribution is -0.126. The Bertz CT molecular complexity index is 596. The van der Waals surface area contributed by atoms with E-state index in [-0.39, 0.29) is 17.0 Å². The van der Waals surface area contributed by atoms with Crippen molar-refractivity contribution in [3.05, 3.63) is 23.2 Å². The number of nitrogens with zero attached hydrogens (tertiary/aromatic N) is 2. The topological polar surface area (TPSA) is 53.4 Å². The standard InChI is InChI=1S/C11H10N2O2S2/c1-13-9(15)5-16-11(13)10-12-7-3-2-6(14)4-8(7)17-10/h2-4,11,14H,5H2,1H3. The van der Waals surface area contributed by atoms with Gasteiger partial charge in [0.05, 0.1) is 16.0 Å². The Hall–Kier alpha value is -1.27. The van der Waals surface area contributed by atoms with Crippen LogP contribution in [0.1, 0.15) is 10.4 Å². The number of phenolic OH excluding ortho intramolecular Hbond substituents is 1. The highest BCUT2D eigenvalue weighted by molar-refractivity contribution is 8.00. The van der Waals surface area contributed by atoms with E-state index < -0.39 is 0 Å². The summed E-state index contributed by atoms with van der Waals surface area (Å²) >= 11 is 3.12. The number of hydrogen-bond acceptors (Lipinski definition) is 5. The van der Waals surface area contributed by atoms with Gasteiger partial charge in [0.2, 0.25) is 5.91 Å². The van der Waals surface area contributed by atoms with Crippen molar-refractivity contribution in [2.24, 2.45) is 0 Å². The molecule has 0 bridgehead atoms. The minimum Gasteiger partial charge on any atom is -0.508 e. The summed E-state index contributed by atoms with van der Waals surface area (Å²) in [6.07, 6.45) is 0. The first kappa shape index (κ1) is 10.9. The number of carbonyl (C=O) groups excluding carboxylic acids is 1. The Labute approximate surface area is 106 Å². The van der Waals surface area contributed by atoms with Crippen molar-refractivity contribution >= 4 is 39.2 Å². The number of phenols is 1. The third-order valence-corrected chi connectivity index (χ3v) is 5.20. The first-order valence-corrected chi connectivity index (χ1v) is 6.98. The van der Waals surface area contributed by atoms with E-state index in [1.54, 1.807) is 41.9 Å². The molecule has 4 nitrogen and oxygen atoms in total. The number of hydrogen-bond donors (Lipinski definition) is 1. The number of thioether (sulfide) groups is 1. The van der Waals surface area contributed by atoms with E-state index in [4.69, 9.17) is 0 Å². The smallest absolute Gasteiger partial charge is 0.233 e. The summed E-state index contributed by atoms with van der Waals surface area (Å²) in [5.74, 6) is 0.904. The molecular weight excluding hydrogens is 256 g/mol. The van der Waals surface area contributed by atoms with Crippen LogP contribution < -0.4 is 0 Å². The average molecular weight is 266 g/mol. The van der Waals surface area contributed by atoms with Crippen LogP contribution in [0.25, 0.3) is 10.2 Å². The summed E-state index contributed by atoms with van der Waals surface area (Å²) in [7, 11) is 1.80. The SMILES string of the molecule is CN1C(=O)CSC1c1nc2ccc(O)cc2s1. The highest BCUT2D eigenvalue weighted by atomic mass is 32.2. The van der Waals surface area contributed by atoms with E-state index in [1.165, 1.54) is 11.3 Å². The van der Waals surface area contributed by atoms with Gasteiger partial charge in [-0.15, -0.1) is 23.1 Å². The van der Waals surface area contributed by atoms with Crippen molar-refractivity contribution in [1.82, 2.24) is 9.88 Å². The number of amides is 1. The van der Waals surface area contributed by atoms with Crippen LogP contribution in [0.5, 0.6) is 5.75 Å². The van der Waals surface area contributed by atoms with Crippen LogP contribution in [-0.4, -0.2) is 33.7 Å². The predicted octanol–water partition coefficient (Wildman–Crippen LogP) is 2.21. The van der Waals surface area contributed by atoms with Crippen molar-refractivity contribution in [3.63, 3.8) is 0 Å². The zero-order valence-corrected chi connectivity index (χ0v) is 10.7. The molecule has 1 aliphatic rings. The second-order valence-corrected chi connectivity index (χ2v) is 6.00. The maximum absolute atomic E-state index is 11.5. The second-order valence-electron chi connectivity index (χ2n) is 3.87. The van der Waals surface area contributed by atoms with Crippen molar-refractivity contribution in [3.8, 4) is 5.75 Å². The molecule has 2 aromatic rings. The van der Waals surface area contributed by atoms with Gasteiger partial charge >= 0.3 is 0 Å². The number of benzene rings is 1. The van der Waals surface area contributed by atoms with Crippen LogP contribution in [0.15, 0.2) is 18.2 Å². The number of aromatic nitrogens is 1. The molecule has 0 aliphatic carbocycles. The van der Waals surface area contributed by atoms with Crippen LogP contribution in [0.3, 0.4) is 0 Å². The van der Waals surface area contributed by atoms with E-state index in [0.29, 0.717) is 5.75 Å². The molecule has 1 aliphatic heterocycles. The molecule has 1 atom stereocenters. The predicted molar refractivity (Wildman–Crippen MR) is 69.3 cm³/mol. The molecule has 0 saturated carbocycles. The number of carbonyl (C=O) groups is 1. The van der Waals surface area contributed by atoms with Crippen LogP contribution in [0.4, 0.5) is 0 Å². The number of fused-ring (bicyclic) bond motifs is 1. The summed E-state index contributed by atoms with van der Waals surface area (Å²) < 4.78 is 0.952. The van der Waals surface area contributed by atoms with E-state index in [1.807, 2.05) is 0 Å². The number of aromatic hydroxyl groups is 1. The molecule has 0 spiro atoms. The average Bonchev–Trinajstić information content (AvgIpc) is 2.83. The molecule has 17 heavy (non-hydrogen) atoms. The molecule has 1 aromatic heterocycles. The zero-order chi connectivity index (χ0) is 12.0. The molecule has 0 radical (unpaired) electrons. The van der Waals surface area contributed by atoms with Gasteiger partial charge in [-0.3, -0.25) is 4.79 Å². The van der Waals surface area contributed by atoms with Gasteiger partial charge in [0.25, 0.3) is 0 Å². The molecule has 1 N–H and O–H groups in total. The van der Waals surface area contributed by atoms with Gasteiger partial charge in [0, 0.05) is 7.05 Å². The van der Waals surface area contributed by atoms with E-state index in [2.05, 4.69) is 4.98 Å². The quantitative estimate of drug-likeness (QED) is 0.859. The highest BCUT2D eigenvalue weighted by Crippen LogP contribution is 2.40. The Morgan fingerprint density at radius 3 is 3.06 bits per heavy atom. The maximum Gasteiger partial charge on any atom is 0.233 e. The minimum atomic E-state index is 0.0158. The molecule has 1 fully saturated rings. The summed E-state index contributed by atoms with van der Waals surface area (Å²) in [5, 5.41) is 10.3. The van der Waals surface area contributed by atoms with Crippen LogP contribution >= 0.6 is 23.1 Å². The van der Waals surface area contributed by atoms with Gasteiger partial charge in [-0.1, -0.05) is 0 Å². The maximum atomic E-state index is 11.5. The normalized spacial score (nSPS) is 20.4. The molecule has 1 saturated heterocycles. The number of thiazole rings is 1. The first-order chi connectivity index (χ1) is 8.15. The molecule has 2 heterocycles. The zero-order valence-electron chi connectivity index (χ0n) is 9.08. The summed E-state index contributed by atoms with van der Waals surface area (Å²) in [4.78, 5) is 17.7. The van der Waals surface area contributed by atoms with Crippen molar-refractivity contribution in [1.29, 1.82) is 0 Å². The monoisotopic (exact) mass is 266 g/mol. The van der Waals surface area contributed by atoms with Crippen LogP contribution in [0.2, 0.25) is 0 Å². The number of rotatable bonds is 1. The van der Waals surface area contributed by atoms with Crippen molar-refractivity contribution in [2.75, 3.05) is 12.8 Å². The van der Waals surface area contributed by atoms with Gasteiger partial charge < -0.3 is 10.0 Å². The molecule has 1 aromatic carbocycles. The van der Waals surface area contributed by atoms with Gasteiger partial charge in [0.1, 0.15) is 16.1 Å². The lowest BCUT2D eigenvalue weighted by Crippen LogP contribution is -2.22. The van der Waals surface area contributed by atoms with E-state index >= 15 is 0 Å². The van der Waals surface area contributed by atoms with Gasteiger partial charge in [0.15, 0.2) is 0 Å². The third-order valence-electron chi connectivity index (χ3n) is 2.71. The Morgan fingerprint density at radius 1 is 1.53 bits per heavy atom. The molecule has 1 amide bonds. The molecular formula is C11H10N2O2S2. The fourth-order valence-electron chi connectivity index (χ4n) is 1.77. The summed E-state index contributed by atoms with van der Waals surface area (Å²) in [6.45, 7) is 0. The largest absolute Gasteiger partial charge is 0.508 e. The van der Waals surface area contributed by atoms with E-state index in [0.717, 1.165) is 15.2 Å². The molecule has 88 valence electrons. The Kier molecular flexibility index (Phi) is 2.48. The van der Waals surface area contributed by atoms with Crippen molar-refractivity contribution < 1.29 is 9.90 Å². The Balaban J connectivity index is 2.04. The van der Waals surface area contributed by atoms with Gasteiger partial charge in [-0.05, 0) is 18.2 Å². The van der Waals surface area contributed by atoms with Crippen molar-refractivity contribution in [2.45, 2.75) is 5.37 Å². The summed E-state index contributed by atoms with van der Waals surface area (Å²) in [6, 6.07) is 5.13. The molecule has 1 unspecified atom stereocenters. The third kappa shape index (κ3) is 1.77. The minimum absolute atomic E-state index is 0.0158. The van der Waals surface area contributed by atoms with Crippen LogP contribution in [-0.2, 0) is 4.79 Å². The molecule has 6 heteroatoms. The fraction of sp³-hybridized carbons (Fsp3) is 0.273. The second kappa shape index (κ2) is 3.89. The van der Waals surface area contributed by atoms with Gasteiger partial charge in [-0.2, -0.15) is 0 Å². The van der Waals surface area contributed by atoms with E-state index in [9.17, 15) is 9.90 Å². The van der Waals surface area contributed by atoms with Gasteiger partial charge in [-0.25, -0.2) is 4.98 Å². The fourth-order valence-corrected chi connectivity index (χ4v) is 4.18. The lowest BCUT2D eigenvalue weighted by Gasteiger charge is -2.15. The lowest BCUT2D eigenvalue weighted by atomic mass is 10.3. The Morgan fingerprint density at radius 2 is 2.35 bits per heavy atom. The molecule has 3 rings (SSSR count).